The Balaban J connectivity index is 2.09. The van der Waals surface area contributed by atoms with Crippen molar-refractivity contribution < 1.29 is 8.78 Å². The first-order valence-corrected chi connectivity index (χ1v) is 7.86. The minimum absolute atomic E-state index is 0.0511. The molecule has 1 atom stereocenters. The van der Waals surface area contributed by atoms with E-state index in [0.29, 0.717) is 26.7 Å². The molecule has 0 saturated heterocycles. The van der Waals surface area contributed by atoms with E-state index in [0.717, 1.165) is 11.3 Å². The molecule has 0 amide bonds. The van der Waals surface area contributed by atoms with Gasteiger partial charge in [0, 0.05) is 10.6 Å². The van der Waals surface area contributed by atoms with E-state index >= 15 is 0 Å². The molecule has 112 valence electrons. The van der Waals surface area contributed by atoms with Crippen LogP contribution in [0.1, 0.15) is 18.5 Å². The second-order valence-electron chi connectivity index (χ2n) is 4.41. The number of hydrogen-bond acceptors (Lipinski definition) is 2. The van der Waals surface area contributed by atoms with Crippen LogP contribution >= 0.6 is 35.0 Å². The molecule has 1 nitrogen and oxygen atoms in total. The number of thioether (sulfide) groups is 1. The lowest BCUT2D eigenvalue weighted by Crippen LogP contribution is -2.07. The van der Waals surface area contributed by atoms with Crippen LogP contribution in [0, 0.1) is 0 Å². The van der Waals surface area contributed by atoms with Crippen molar-refractivity contribution in [2.45, 2.75) is 23.6 Å². The van der Waals surface area contributed by atoms with Crippen molar-refractivity contribution >= 4 is 40.7 Å². The van der Waals surface area contributed by atoms with E-state index < -0.39 is 5.76 Å². The summed E-state index contributed by atoms with van der Waals surface area (Å²) in [6.45, 7) is 1.96. The van der Waals surface area contributed by atoms with Gasteiger partial charge in [0.2, 0.25) is 0 Å². The molecule has 0 aliphatic carbocycles. The second kappa shape index (κ2) is 7.34. The molecule has 1 N–H and O–H groups in total. The molecule has 1 unspecified atom stereocenters. The molecule has 6 heteroatoms. The monoisotopic (exact) mass is 347 g/mol. The molecular formula is C15H13Cl2F2NS. The summed E-state index contributed by atoms with van der Waals surface area (Å²) in [5, 5.41) is 4.29. The third-order valence-corrected chi connectivity index (χ3v) is 4.47. The SMILES string of the molecule is CC(Nc1ccc(SC(F)F)cc1)c1cccc(Cl)c1Cl. The fourth-order valence-electron chi connectivity index (χ4n) is 1.92. The molecule has 0 aromatic heterocycles. The van der Waals surface area contributed by atoms with Crippen LogP contribution in [0.3, 0.4) is 0 Å². The molecule has 0 bridgehead atoms. The summed E-state index contributed by atoms with van der Waals surface area (Å²) < 4.78 is 24.5. The molecule has 2 aromatic carbocycles. The summed E-state index contributed by atoms with van der Waals surface area (Å²) in [7, 11) is 0. The first kappa shape index (κ1) is 16.4. The van der Waals surface area contributed by atoms with Gasteiger partial charge in [-0.15, -0.1) is 0 Å². The fraction of sp³-hybridized carbons (Fsp3) is 0.200. The minimum Gasteiger partial charge on any atom is -0.378 e. The van der Waals surface area contributed by atoms with Crippen LogP contribution in [-0.4, -0.2) is 5.76 Å². The van der Waals surface area contributed by atoms with Crippen LogP contribution in [0.15, 0.2) is 47.4 Å². The molecule has 0 spiro atoms. The van der Waals surface area contributed by atoms with Gasteiger partial charge in [-0.1, -0.05) is 47.1 Å². The van der Waals surface area contributed by atoms with Gasteiger partial charge in [0.1, 0.15) is 0 Å². The maximum absolute atomic E-state index is 12.3. The highest BCUT2D eigenvalue weighted by molar-refractivity contribution is 7.99. The Hall–Kier alpha value is -0.970. The van der Waals surface area contributed by atoms with Crippen molar-refractivity contribution in [3.05, 3.63) is 58.1 Å². The second-order valence-corrected chi connectivity index (χ2v) is 6.26. The van der Waals surface area contributed by atoms with Crippen molar-refractivity contribution in [1.82, 2.24) is 0 Å². The number of rotatable bonds is 5. The summed E-state index contributed by atoms with van der Waals surface area (Å²) in [5.41, 5.74) is 1.72. The van der Waals surface area contributed by atoms with Crippen molar-refractivity contribution in [1.29, 1.82) is 0 Å². The Bertz CT molecular complexity index is 605. The van der Waals surface area contributed by atoms with Crippen molar-refractivity contribution in [3.63, 3.8) is 0 Å². The molecule has 0 fully saturated rings. The van der Waals surface area contributed by atoms with Crippen molar-refractivity contribution in [2.75, 3.05) is 5.32 Å². The zero-order valence-corrected chi connectivity index (χ0v) is 13.4. The van der Waals surface area contributed by atoms with Crippen LogP contribution in [0.25, 0.3) is 0 Å². The van der Waals surface area contributed by atoms with Gasteiger partial charge in [-0.25, -0.2) is 0 Å². The summed E-state index contributed by atoms with van der Waals surface area (Å²) >= 11 is 12.7. The molecular weight excluding hydrogens is 335 g/mol. The molecule has 0 radical (unpaired) electrons. The highest BCUT2D eigenvalue weighted by Crippen LogP contribution is 2.32. The van der Waals surface area contributed by atoms with E-state index in [9.17, 15) is 8.78 Å². The lowest BCUT2D eigenvalue weighted by atomic mass is 10.1. The van der Waals surface area contributed by atoms with E-state index in [4.69, 9.17) is 23.2 Å². The van der Waals surface area contributed by atoms with Gasteiger partial charge in [-0.2, -0.15) is 8.78 Å². The number of anilines is 1. The normalized spacial score (nSPS) is 12.5. The molecule has 2 rings (SSSR count). The topological polar surface area (TPSA) is 12.0 Å². The number of alkyl halides is 2. The van der Waals surface area contributed by atoms with Gasteiger partial charge < -0.3 is 5.32 Å². The highest BCUT2D eigenvalue weighted by Gasteiger charge is 2.12. The van der Waals surface area contributed by atoms with Gasteiger partial charge in [0.15, 0.2) is 0 Å². The number of benzene rings is 2. The van der Waals surface area contributed by atoms with E-state index in [-0.39, 0.29) is 6.04 Å². The Labute approximate surface area is 136 Å². The predicted molar refractivity (Wildman–Crippen MR) is 86.8 cm³/mol. The average molecular weight is 348 g/mol. The average Bonchev–Trinajstić information content (AvgIpc) is 2.43. The smallest absolute Gasteiger partial charge is 0.288 e. The predicted octanol–water partition coefficient (Wildman–Crippen LogP) is 6.48. The quantitative estimate of drug-likeness (QED) is 0.621. The molecule has 0 saturated carbocycles. The van der Waals surface area contributed by atoms with Gasteiger partial charge in [-0.3, -0.25) is 0 Å². The molecule has 0 aliphatic heterocycles. The van der Waals surface area contributed by atoms with Gasteiger partial charge in [0.05, 0.1) is 16.1 Å². The first-order valence-electron chi connectivity index (χ1n) is 6.22. The molecule has 2 aromatic rings. The van der Waals surface area contributed by atoms with Gasteiger partial charge in [-0.05, 0) is 42.8 Å². The van der Waals surface area contributed by atoms with E-state index in [2.05, 4.69) is 5.32 Å². The van der Waals surface area contributed by atoms with Gasteiger partial charge in [0.25, 0.3) is 5.76 Å². The highest BCUT2D eigenvalue weighted by atomic mass is 35.5. The van der Waals surface area contributed by atoms with E-state index in [1.165, 1.54) is 0 Å². The lowest BCUT2D eigenvalue weighted by Gasteiger charge is -2.17. The summed E-state index contributed by atoms with van der Waals surface area (Å²) in [5.74, 6) is -2.41. The van der Waals surface area contributed by atoms with Crippen molar-refractivity contribution in [3.8, 4) is 0 Å². The number of hydrogen-bond donors (Lipinski definition) is 1. The maximum Gasteiger partial charge on any atom is 0.288 e. The Kier molecular flexibility index (Phi) is 5.73. The van der Waals surface area contributed by atoms with Crippen molar-refractivity contribution in [2.24, 2.45) is 0 Å². The molecule has 0 aliphatic rings. The Morgan fingerprint density at radius 2 is 1.71 bits per heavy atom. The van der Waals surface area contributed by atoms with E-state index in [1.807, 2.05) is 19.1 Å². The summed E-state index contributed by atoms with van der Waals surface area (Å²) in [4.78, 5) is 0.531. The third-order valence-electron chi connectivity index (χ3n) is 2.91. The standard InChI is InChI=1S/C15H13Cl2F2NS/c1-9(12-3-2-4-13(16)14(12)17)20-10-5-7-11(8-6-10)21-15(18)19/h2-9,15,20H,1H3. The lowest BCUT2D eigenvalue weighted by molar-refractivity contribution is 0.252. The summed E-state index contributed by atoms with van der Waals surface area (Å²) in [6.07, 6.45) is 0. The van der Waals surface area contributed by atoms with E-state index in [1.54, 1.807) is 30.3 Å². The zero-order chi connectivity index (χ0) is 15.4. The first-order chi connectivity index (χ1) is 9.97. The third kappa shape index (κ3) is 4.50. The van der Waals surface area contributed by atoms with Crippen LogP contribution < -0.4 is 5.32 Å². The Morgan fingerprint density at radius 3 is 2.33 bits per heavy atom. The number of nitrogens with one attached hydrogen (secondary N) is 1. The van der Waals surface area contributed by atoms with Crippen LogP contribution in [0.2, 0.25) is 10.0 Å². The maximum atomic E-state index is 12.3. The Morgan fingerprint density at radius 1 is 1.05 bits per heavy atom. The van der Waals surface area contributed by atoms with Crippen LogP contribution in [-0.2, 0) is 0 Å². The largest absolute Gasteiger partial charge is 0.378 e. The van der Waals surface area contributed by atoms with Crippen LogP contribution in [0.4, 0.5) is 14.5 Å². The summed E-state index contributed by atoms with van der Waals surface area (Å²) in [6, 6.07) is 12.3. The fourth-order valence-corrected chi connectivity index (χ4v) is 2.89. The molecule has 21 heavy (non-hydrogen) atoms. The number of halogens is 4. The molecule has 0 heterocycles. The van der Waals surface area contributed by atoms with Crippen LogP contribution in [0.5, 0.6) is 0 Å². The minimum atomic E-state index is -2.41. The van der Waals surface area contributed by atoms with Gasteiger partial charge >= 0.3 is 0 Å². The zero-order valence-electron chi connectivity index (χ0n) is 11.1.